The van der Waals surface area contributed by atoms with Gasteiger partial charge in [-0.1, -0.05) is 12.1 Å². The molecule has 7 rings (SSSR count). The highest BCUT2D eigenvalue weighted by Gasteiger charge is 2.54. The van der Waals surface area contributed by atoms with E-state index in [1.54, 1.807) is 0 Å². The van der Waals surface area contributed by atoms with Crippen LogP contribution in [0, 0.1) is 29.0 Å². The molecule has 2 N–H and O–H groups in total. The lowest BCUT2D eigenvalue weighted by Crippen LogP contribution is -2.51. The summed E-state index contributed by atoms with van der Waals surface area (Å²) in [5, 5.41) is 13.2. The Hall–Kier alpha value is -2.95. The van der Waals surface area contributed by atoms with Crippen LogP contribution in [0.5, 0.6) is 5.75 Å². The first kappa shape index (κ1) is 19.7. The van der Waals surface area contributed by atoms with Crippen molar-refractivity contribution in [1.82, 2.24) is 0 Å². The number of aromatic hydroxyl groups is 1. The van der Waals surface area contributed by atoms with Gasteiger partial charge >= 0.3 is 0 Å². The van der Waals surface area contributed by atoms with Gasteiger partial charge in [0.25, 0.3) is 0 Å². The first-order chi connectivity index (χ1) is 15.5. The molecule has 0 aromatic heterocycles. The molecule has 5 heteroatoms. The van der Waals surface area contributed by atoms with Crippen molar-refractivity contribution in [2.75, 3.05) is 11.9 Å². The SMILES string of the molecule is O=C(Nc1ccc(C2=CC(c3cc(F)ccc3O)=NC2)cc1)C12CC3CC(CC(C3)C1)C2. The number of rotatable bonds is 4. The van der Waals surface area contributed by atoms with Gasteiger partial charge in [-0.25, -0.2) is 4.39 Å². The van der Waals surface area contributed by atoms with Gasteiger partial charge in [0.1, 0.15) is 11.6 Å². The maximum atomic E-state index is 13.6. The van der Waals surface area contributed by atoms with Gasteiger partial charge in [0.15, 0.2) is 0 Å². The normalized spacial score (nSPS) is 30.2. The molecule has 2 aromatic carbocycles. The lowest BCUT2D eigenvalue weighted by molar-refractivity contribution is -0.140. The number of carbonyl (C=O) groups excluding carboxylic acids is 1. The fraction of sp³-hybridized carbons (Fsp3) is 0.407. The van der Waals surface area contributed by atoms with Crippen LogP contribution in [0.2, 0.25) is 0 Å². The highest BCUT2D eigenvalue weighted by atomic mass is 19.1. The van der Waals surface area contributed by atoms with E-state index >= 15 is 0 Å². The third kappa shape index (κ3) is 3.35. The van der Waals surface area contributed by atoms with Crippen LogP contribution < -0.4 is 5.32 Å². The molecule has 4 fully saturated rings. The molecular weight excluding hydrogens is 403 g/mol. The molecule has 164 valence electrons. The lowest BCUT2D eigenvalue weighted by Gasteiger charge is -2.55. The number of aliphatic imine (C=N–C) groups is 1. The summed E-state index contributed by atoms with van der Waals surface area (Å²) < 4.78 is 13.6. The Morgan fingerprint density at radius 1 is 1.00 bits per heavy atom. The van der Waals surface area contributed by atoms with E-state index < -0.39 is 5.82 Å². The third-order valence-corrected chi connectivity index (χ3v) is 8.00. The van der Waals surface area contributed by atoms with Crippen LogP contribution in [0.15, 0.2) is 53.5 Å². The number of allylic oxidation sites excluding steroid dienone is 1. The number of hydrogen-bond acceptors (Lipinski definition) is 3. The van der Waals surface area contributed by atoms with Crippen LogP contribution >= 0.6 is 0 Å². The van der Waals surface area contributed by atoms with Gasteiger partial charge in [-0.3, -0.25) is 9.79 Å². The van der Waals surface area contributed by atoms with E-state index in [1.165, 1.54) is 37.5 Å². The number of nitrogens with one attached hydrogen (secondary N) is 1. The first-order valence-electron chi connectivity index (χ1n) is 11.6. The monoisotopic (exact) mass is 430 g/mol. The van der Waals surface area contributed by atoms with Gasteiger partial charge in [0.05, 0.1) is 17.7 Å². The van der Waals surface area contributed by atoms with Crippen molar-refractivity contribution in [3.05, 3.63) is 65.5 Å². The van der Waals surface area contributed by atoms with E-state index in [0.717, 1.165) is 53.8 Å². The van der Waals surface area contributed by atoms with Gasteiger partial charge in [0.2, 0.25) is 5.91 Å². The fourth-order valence-electron chi connectivity index (χ4n) is 6.90. The smallest absolute Gasteiger partial charge is 0.230 e. The maximum absolute atomic E-state index is 13.6. The maximum Gasteiger partial charge on any atom is 0.230 e. The van der Waals surface area contributed by atoms with Crippen LogP contribution in [0.3, 0.4) is 0 Å². The molecule has 4 saturated carbocycles. The van der Waals surface area contributed by atoms with Crippen molar-refractivity contribution < 1.29 is 14.3 Å². The molecule has 5 aliphatic rings. The standard InChI is InChI=1S/C27H27FN2O2/c28-21-3-6-25(31)23(11-21)24-10-20(15-29-24)19-1-4-22(5-2-19)30-26(32)27-12-16-7-17(13-27)9-18(8-16)14-27/h1-6,10-11,16-18,31H,7-9,12-15H2,(H,30,32). The molecule has 0 saturated heterocycles. The van der Waals surface area contributed by atoms with E-state index in [0.29, 0.717) is 17.8 Å². The average Bonchev–Trinajstić information content (AvgIpc) is 3.25. The van der Waals surface area contributed by atoms with E-state index in [-0.39, 0.29) is 17.1 Å². The molecule has 1 heterocycles. The van der Waals surface area contributed by atoms with Gasteiger partial charge in [-0.2, -0.15) is 0 Å². The molecule has 0 spiro atoms. The lowest BCUT2D eigenvalue weighted by atomic mass is 9.49. The zero-order chi connectivity index (χ0) is 21.9. The molecule has 1 amide bonds. The van der Waals surface area contributed by atoms with Crippen molar-refractivity contribution in [1.29, 1.82) is 0 Å². The van der Waals surface area contributed by atoms with Crippen LogP contribution in [-0.2, 0) is 4.79 Å². The molecular formula is C27H27FN2O2. The molecule has 4 aliphatic carbocycles. The summed E-state index contributed by atoms with van der Waals surface area (Å²) >= 11 is 0. The second-order valence-electron chi connectivity index (χ2n) is 10.3. The second-order valence-corrected chi connectivity index (χ2v) is 10.3. The Balaban J connectivity index is 1.16. The molecule has 32 heavy (non-hydrogen) atoms. The Bertz CT molecular complexity index is 1110. The highest BCUT2D eigenvalue weighted by molar-refractivity contribution is 6.16. The number of amides is 1. The number of carbonyl (C=O) groups is 1. The van der Waals surface area contributed by atoms with Crippen LogP contribution in [-0.4, -0.2) is 23.3 Å². The third-order valence-electron chi connectivity index (χ3n) is 8.00. The quantitative estimate of drug-likeness (QED) is 0.666. The summed E-state index contributed by atoms with van der Waals surface area (Å²) in [4.78, 5) is 17.7. The number of nitrogens with zero attached hydrogens (tertiary/aromatic N) is 1. The van der Waals surface area contributed by atoms with Gasteiger partial charge < -0.3 is 10.4 Å². The van der Waals surface area contributed by atoms with Crippen LogP contribution in [0.1, 0.15) is 49.7 Å². The molecule has 4 bridgehead atoms. The summed E-state index contributed by atoms with van der Waals surface area (Å²) in [5.41, 5.74) is 3.67. The molecule has 1 aliphatic heterocycles. The molecule has 4 nitrogen and oxygen atoms in total. The highest BCUT2D eigenvalue weighted by Crippen LogP contribution is 2.60. The first-order valence-corrected chi connectivity index (χ1v) is 11.6. The van der Waals surface area contributed by atoms with Crippen molar-refractivity contribution in [2.24, 2.45) is 28.2 Å². The van der Waals surface area contributed by atoms with Crippen LogP contribution in [0.4, 0.5) is 10.1 Å². The summed E-state index contributed by atoms with van der Waals surface area (Å²) in [6, 6.07) is 11.8. The molecule has 2 aromatic rings. The average molecular weight is 431 g/mol. The number of anilines is 1. The van der Waals surface area contributed by atoms with Gasteiger partial charge in [-0.15, -0.1) is 0 Å². The molecule has 0 atom stereocenters. The molecule has 0 unspecified atom stereocenters. The Labute approximate surface area is 187 Å². The van der Waals surface area contributed by atoms with Crippen molar-refractivity contribution >= 4 is 22.9 Å². The minimum absolute atomic E-state index is 0.0189. The number of phenolic OH excluding ortho intramolecular Hbond substituents is 1. The van der Waals surface area contributed by atoms with Crippen molar-refractivity contribution in [2.45, 2.75) is 38.5 Å². The van der Waals surface area contributed by atoms with E-state index in [1.807, 2.05) is 30.3 Å². The predicted molar refractivity (Wildman–Crippen MR) is 123 cm³/mol. The van der Waals surface area contributed by atoms with Crippen molar-refractivity contribution in [3.8, 4) is 5.75 Å². The topological polar surface area (TPSA) is 61.7 Å². The summed E-state index contributed by atoms with van der Waals surface area (Å²) in [5.74, 6) is 2.06. The van der Waals surface area contributed by atoms with E-state index in [4.69, 9.17) is 0 Å². The van der Waals surface area contributed by atoms with Gasteiger partial charge in [-0.05, 0) is 104 Å². The number of halogens is 1. The zero-order valence-corrected chi connectivity index (χ0v) is 18.0. The fourth-order valence-corrected chi connectivity index (χ4v) is 6.90. The second kappa shape index (κ2) is 7.29. The Kier molecular flexibility index (Phi) is 4.49. The minimum atomic E-state index is -0.401. The summed E-state index contributed by atoms with van der Waals surface area (Å²) in [6.07, 6.45) is 9.04. The molecule has 0 radical (unpaired) electrons. The number of benzene rings is 2. The minimum Gasteiger partial charge on any atom is -0.507 e. The van der Waals surface area contributed by atoms with Crippen LogP contribution in [0.25, 0.3) is 5.57 Å². The Morgan fingerprint density at radius 3 is 2.31 bits per heavy atom. The zero-order valence-electron chi connectivity index (χ0n) is 18.0. The van der Waals surface area contributed by atoms with Crippen molar-refractivity contribution in [3.63, 3.8) is 0 Å². The summed E-state index contributed by atoms with van der Waals surface area (Å²) in [7, 11) is 0. The van der Waals surface area contributed by atoms with E-state index in [9.17, 15) is 14.3 Å². The number of hydrogen-bond donors (Lipinski definition) is 2. The van der Waals surface area contributed by atoms with E-state index in [2.05, 4.69) is 10.3 Å². The largest absolute Gasteiger partial charge is 0.507 e. The Morgan fingerprint density at radius 2 is 1.66 bits per heavy atom. The van der Waals surface area contributed by atoms with Gasteiger partial charge in [0, 0.05) is 11.3 Å². The number of phenols is 1. The summed E-state index contributed by atoms with van der Waals surface area (Å²) in [6.45, 7) is 0.476. The predicted octanol–water partition coefficient (Wildman–Crippen LogP) is 5.57.